The van der Waals surface area contributed by atoms with Gasteiger partial charge in [0.2, 0.25) is 0 Å². The molecular formula is C24H25N3O5. The number of amides is 1. The summed E-state index contributed by atoms with van der Waals surface area (Å²) in [5, 5.41) is 19.3. The summed E-state index contributed by atoms with van der Waals surface area (Å²) in [7, 11) is 0. The number of carbonyl (C=O) groups is 1. The molecule has 0 atom stereocenters. The van der Waals surface area contributed by atoms with Crippen molar-refractivity contribution >= 4 is 5.91 Å². The number of phenolic OH excluding ortho intramolecular Hbond substituents is 1. The number of likely N-dealkylation sites (tertiary alicyclic amines) is 1. The van der Waals surface area contributed by atoms with Crippen LogP contribution in [-0.2, 0) is 4.79 Å². The molecule has 2 aromatic carbocycles. The van der Waals surface area contributed by atoms with Crippen LogP contribution in [0.25, 0.3) is 22.5 Å². The fourth-order valence-corrected chi connectivity index (χ4v) is 3.68. The molecule has 1 aromatic heterocycles. The molecule has 1 fully saturated rings. The Morgan fingerprint density at radius 3 is 2.69 bits per heavy atom. The average Bonchev–Trinajstić information content (AvgIpc) is 2.79. The van der Waals surface area contributed by atoms with E-state index >= 15 is 0 Å². The van der Waals surface area contributed by atoms with Gasteiger partial charge in [-0.3, -0.25) is 4.79 Å². The highest BCUT2D eigenvalue weighted by Gasteiger charge is 2.21. The summed E-state index contributed by atoms with van der Waals surface area (Å²) in [5.41, 5.74) is 2.68. The van der Waals surface area contributed by atoms with Crippen molar-refractivity contribution in [2.24, 2.45) is 0 Å². The first-order chi connectivity index (χ1) is 15.4. The number of rotatable bonds is 5. The van der Waals surface area contributed by atoms with Gasteiger partial charge in [0.15, 0.2) is 6.61 Å². The summed E-state index contributed by atoms with van der Waals surface area (Å²) < 4.78 is 5.69. The Kier molecular flexibility index (Phi) is 6.23. The van der Waals surface area contributed by atoms with Crippen LogP contribution in [0.4, 0.5) is 0 Å². The Bertz CT molecular complexity index is 1180. The monoisotopic (exact) mass is 435 g/mol. The summed E-state index contributed by atoms with van der Waals surface area (Å²) in [6.45, 7) is 2.74. The number of hydrogen-bond acceptors (Lipinski definition) is 6. The summed E-state index contributed by atoms with van der Waals surface area (Å²) >= 11 is 0. The van der Waals surface area contributed by atoms with Crippen LogP contribution >= 0.6 is 0 Å². The number of carbonyl (C=O) groups excluding carboxylic acids is 1. The predicted octanol–water partition coefficient (Wildman–Crippen LogP) is 2.48. The van der Waals surface area contributed by atoms with Crippen molar-refractivity contribution in [3.05, 3.63) is 64.6 Å². The molecule has 0 unspecified atom stereocenters. The van der Waals surface area contributed by atoms with Gasteiger partial charge < -0.3 is 24.8 Å². The van der Waals surface area contributed by atoms with E-state index in [9.17, 15) is 19.8 Å². The van der Waals surface area contributed by atoms with Gasteiger partial charge in [0.25, 0.3) is 5.91 Å². The summed E-state index contributed by atoms with van der Waals surface area (Å²) in [6, 6.07) is 13.9. The number of ether oxygens (including phenoxy) is 1. The lowest BCUT2D eigenvalue weighted by Crippen LogP contribution is -2.42. The van der Waals surface area contributed by atoms with Crippen molar-refractivity contribution in [2.75, 3.05) is 19.7 Å². The summed E-state index contributed by atoms with van der Waals surface area (Å²) in [6.07, 6.45) is 0.827. The molecule has 3 aromatic rings. The van der Waals surface area contributed by atoms with E-state index < -0.39 is 5.69 Å². The molecule has 0 bridgehead atoms. The largest absolute Gasteiger partial charge is 0.508 e. The van der Waals surface area contributed by atoms with E-state index in [1.165, 1.54) is 0 Å². The Morgan fingerprint density at radius 2 is 1.94 bits per heavy atom. The standard InChI is InChI=1S/C24H25N3O5/c1-15-11-17(5-6-22(15)29)21-13-20(25-24(31)26-21)16-3-2-4-19(12-16)32-14-23(30)27-9-7-18(28)8-10-27/h2-6,11-13,18,28-29H,7-10,14H2,1H3,(H,25,26,31). The Balaban J connectivity index is 1.51. The summed E-state index contributed by atoms with van der Waals surface area (Å²) in [4.78, 5) is 33.1. The first-order valence-corrected chi connectivity index (χ1v) is 10.5. The van der Waals surface area contributed by atoms with Crippen LogP contribution in [0.5, 0.6) is 11.5 Å². The average molecular weight is 435 g/mol. The van der Waals surface area contributed by atoms with Crippen LogP contribution in [0, 0.1) is 6.92 Å². The fraction of sp³-hybridized carbons (Fsp3) is 0.292. The van der Waals surface area contributed by atoms with Crippen molar-refractivity contribution in [3.8, 4) is 34.0 Å². The third-order valence-corrected chi connectivity index (χ3v) is 5.56. The number of aromatic hydroxyl groups is 1. The van der Waals surface area contributed by atoms with E-state index in [0.717, 1.165) is 5.56 Å². The number of benzene rings is 2. The molecule has 166 valence electrons. The molecule has 3 N–H and O–H groups in total. The number of nitrogens with one attached hydrogen (secondary N) is 1. The molecule has 1 amide bonds. The molecule has 4 rings (SSSR count). The number of aromatic nitrogens is 2. The molecule has 1 aliphatic rings. The van der Waals surface area contributed by atoms with Gasteiger partial charge >= 0.3 is 5.69 Å². The van der Waals surface area contributed by atoms with Crippen LogP contribution in [0.15, 0.2) is 53.3 Å². The lowest BCUT2D eigenvalue weighted by molar-refractivity contribution is -0.135. The topological polar surface area (TPSA) is 116 Å². The quantitative estimate of drug-likeness (QED) is 0.567. The highest BCUT2D eigenvalue weighted by molar-refractivity contribution is 5.78. The minimum Gasteiger partial charge on any atom is -0.508 e. The lowest BCUT2D eigenvalue weighted by Gasteiger charge is -2.29. The second-order valence-corrected chi connectivity index (χ2v) is 7.91. The molecule has 0 aliphatic carbocycles. The number of piperidine rings is 1. The first kappa shape index (κ1) is 21.6. The van der Waals surface area contributed by atoms with Gasteiger partial charge in [0.1, 0.15) is 11.5 Å². The molecular weight excluding hydrogens is 410 g/mol. The molecule has 1 aliphatic heterocycles. The molecule has 1 saturated heterocycles. The summed E-state index contributed by atoms with van der Waals surface area (Å²) in [5.74, 6) is 0.566. The smallest absolute Gasteiger partial charge is 0.345 e. The van der Waals surface area contributed by atoms with Crippen LogP contribution < -0.4 is 10.4 Å². The van der Waals surface area contributed by atoms with Gasteiger partial charge in [-0.05, 0) is 61.7 Å². The zero-order valence-corrected chi connectivity index (χ0v) is 17.7. The second-order valence-electron chi connectivity index (χ2n) is 7.91. The molecule has 0 radical (unpaired) electrons. The SMILES string of the molecule is Cc1cc(-c2cc(-c3cccc(OCC(=O)N4CCC(O)CC4)c3)[nH]c(=O)n2)ccc1O. The number of aryl methyl sites for hydroxylation is 1. The van der Waals surface area contributed by atoms with Crippen molar-refractivity contribution in [1.29, 1.82) is 0 Å². The fourth-order valence-electron chi connectivity index (χ4n) is 3.68. The molecule has 8 heteroatoms. The highest BCUT2D eigenvalue weighted by atomic mass is 16.5. The van der Waals surface area contributed by atoms with Crippen molar-refractivity contribution in [3.63, 3.8) is 0 Å². The van der Waals surface area contributed by atoms with Crippen molar-refractivity contribution < 1.29 is 19.7 Å². The minimum atomic E-state index is -0.489. The van der Waals surface area contributed by atoms with Gasteiger partial charge in [-0.1, -0.05) is 12.1 Å². The number of H-pyrrole nitrogens is 1. The van der Waals surface area contributed by atoms with Gasteiger partial charge in [-0.15, -0.1) is 0 Å². The van der Waals surface area contributed by atoms with Gasteiger partial charge in [0.05, 0.1) is 17.5 Å². The third-order valence-electron chi connectivity index (χ3n) is 5.56. The molecule has 0 spiro atoms. The van der Waals surface area contributed by atoms with Crippen LogP contribution in [0.1, 0.15) is 18.4 Å². The van der Waals surface area contributed by atoms with Crippen molar-refractivity contribution in [2.45, 2.75) is 25.9 Å². The number of aromatic amines is 1. The molecule has 8 nitrogen and oxygen atoms in total. The van der Waals surface area contributed by atoms with Crippen LogP contribution in [0.3, 0.4) is 0 Å². The molecule has 2 heterocycles. The predicted molar refractivity (Wildman–Crippen MR) is 119 cm³/mol. The van der Waals surface area contributed by atoms with E-state index in [4.69, 9.17) is 4.74 Å². The van der Waals surface area contributed by atoms with E-state index in [-0.39, 0.29) is 24.4 Å². The maximum absolute atomic E-state index is 12.4. The highest BCUT2D eigenvalue weighted by Crippen LogP contribution is 2.27. The van der Waals surface area contributed by atoms with Crippen molar-refractivity contribution in [1.82, 2.24) is 14.9 Å². The lowest BCUT2D eigenvalue weighted by atomic mass is 10.1. The third kappa shape index (κ3) is 4.97. The van der Waals surface area contributed by atoms with Gasteiger partial charge in [-0.2, -0.15) is 4.98 Å². The van der Waals surface area contributed by atoms with Gasteiger partial charge in [0, 0.05) is 24.2 Å². The normalized spacial score (nSPS) is 14.4. The van der Waals surface area contributed by atoms with Crippen LogP contribution in [-0.4, -0.2) is 56.8 Å². The Labute approximate surface area is 185 Å². The first-order valence-electron chi connectivity index (χ1n) is 10.5. The zero-order chi connectivity index (χ0) is 22.7. The van der Waals surface area contributed by atoms with E-state index in [0.29, 0.717) is 54.2 Å². The van der Waals surface area contributed by atoms with E-state index in [1.54, 1.807) is 54.3 Å². The molecule has 0 saturated carbocycles. The number of aliphatic hydroxyl groups is 1. The number of aliphatic hydroxyl groups excluding tert-OH is 1. The maximum Gasteiger partial charge on any atom is 0.345 e. The van der Waals surface area contributed by atoms with E-state index in [1.807, 2.05) is 6.07 Å². The molecule has 32 heavy (non-hydrogen) atoms. The maximum atomic E-state index is 12.4. The number of phenols is 1. The van der Waals surface area contributed by atoms with Crippen LogP contribution in [0.2, 0.25) is 0 Å². The van der Waals surface area contributed by atoms with Gasteiger partial charge in [-0.25, -0.2) is 4.79 Å². The van der Waals surface area contributed by atoms with E-state index in [2.05, 4.69) is 9.97 Å². The number of hydrogen-bond donors (Lipinski definition) is 3. The number of nitrogens with zero attached hydrogens (tertiary/aromatic N) is 2. The minimum absolute atomic E-state index is 0.0928. The Hall–Kier alpha value is -3.65. The zero-order valence-electron chi connectivity index (χ0n) is 17.7. The second kappa shape index (κ2) is 9.23. The Morgan fingerprint density at radius 1 is 1.16 bits per heavy atom.